The number of hydrogen-bond donors (Lipinski definition) is 0. The predicted octanol–water partition coefficient (Wildman–Crippen LogP) is 12.3. The van der Waals surface area contributed by atoms with Gasteiger partial charge in [0.25, 0.3) is 0 Å². The standard InChI is InChI=1S/C58H66N4O6/c1-9-15-51-60-54-37(5)30-41(55-59-47-18-13-14-19-48(47)61(55)8)31-49(54)62(51)34-38-21-24-39(25-22-38)45-16-11-12-17-46(45)56(64)67-43-32-42(66-52(63)33-43)26-27-44-36(4)20-23-40-28-35(3)29-50(53(40)44)68-57(65)58(6,7)10-2/h11-14,16-25,28,30-31,35-36,42-44,50,53H,9-10,15,26-27,29,32-34H2,1-8H3/t35-,36-,42+,43+,44-,50-,53-/m0/s1. The Kier molecular flexibility index (Phi) is 13.3. The molecule has 6 aromatic rings. The van der Waals surface area contributed by atoms with E-state index in [1.807, 2.05) is 51.1 Å². The second-order valence-corrected chi connectivity index (χ2v) is 20.4. The van der Waals surface area contributed by atoms with Crippen molar-refractivity contribution in [1.82, 2.24) is 19.1 Å². The number of aromatic nitrogens is 4. The lowest BCUT2D eigenvalue weighted by Crippen LogP contribution is -2.43. The third-order valence-corrected chi connectivity index (χ3v) is 15.0. The Hall–Kier alpha value is -6.29. The second-order valence-electron chi connectivity index (χ2n) is 20.4. The number of fused-ring (bicyclic) bond motifs is 3. The molecule has 2 aliphatic carbocycles. The molecule has 10 nitrogen and oxygen atoms in total. The molecule has 1 fully saturated rings. The second kappa shape index (κ2) is 19.4. The maximum atomic E-state index is 14.1. The lowest BCUT2D eigenvalue weighted by Gasteiger charge is -2.44. The van der Waals surface area contributed by atoms with Crippen molar-refractivity contribution in [2.75, 3.05) is 0 Å². The van der Waals surface area contributed by atoms with E-state index < -0.39 is 17.5 Å². The number of carbonyl (C=O) groups excluding carboxylic acids is 3. The van der Waals surface area contributed by atoms with Crippen LogP contribution in [0.3, 0.4) is 0 Å². The summed E-state index contributed by atoms with van der Waals surface area (Å²) >= 11 is 0. The molecule has 0 radical (unpaired) electrons. The van der Waals surface area contributed by atoms with Gasteiger partial charge in [-0.25, -0.2) is 14.8 Å². The smallest absolute Gasteiger partial charge is 0.339 e. The van der Waals surface area contributed by atoms with Crippen molar-refractivity contribution >= 4 is 40.0 Å². The number of allylic oxidation sites excluding steroid dienone is 3. The van der Waals surface area contributed by atoms with Gasteiger partial charge in [-0.3, -0.25) is 9.59 Å². The Balaban J connectivity index is 0.888. The van der Waals surface area contributed by atoms with Gasteiger partial charge in [-0.1, -0.05) is 101 Å². The van der Waals surface area contributed by atoms with Crippen LogP contribution in [0.15, 0.2) is 109 Å². The normalized spacial score (nSPS) is 22.7. The van der Waals surface area contributed by atoms with Crippen LogP contribution in [0.1, 0.15) is 114 Å². The minimum atomic E-state index is -0.605. The van der Waals surface area contributed by atoms with Crippen LogP contribution in [-0.4, -0.2) is 55.3 Å². The van der Waals surface area contributed by atoms with Crippen molar-refractivity contribution in [2.24, 2.45) is 36.1 Å². The molecule has 1 saturated heterocycles. The Morgan fingerprint density at radius 2 is 1.65 bits per heavy atom. The topological polar surface area (TPSA) is 115 Å². The van der Waals surface area contributed by atoms with Gasteiger partial charge in [-0.05, 0) is 129 Å². The van der Waals surface area contributed by atoms with E-state index in [1.165, 1.54) is 5.57 Å². The quantitative estimate of drug-likeness (QED) is 0.0784. The molecule has 3 heterocycles. The minimum absolute atomic E-state index is 0.0166. The highest BCUT2D eigenvalue weighted by Crippen LogP contribution is 2.46. The molecular formula is C58H66N4O6. The summed E-state index contributed by atoms with van der Waals surface area (Å²) in [6.45, 7) is 15.3. The number of hydrogen-bond acceptors (Lipinski definition) is 8. The van der Waals surface area contributed by atoms with E-state index in [1.54, 1.807) is 6.07 Å². The molecule has 1 aliphatic heterocycles. The van der Waals surface area contributed by atoms with E-state index in [0.29, 0.717) is 37.3 Å². The van der Waals surface area contributed by atoms with E-state index in [2.05, 4.69) is 111 Å². The largest absolute Gasteiger partial charge is 0.462 e. The molecule has 0 amide bonds. The first-order chi connectivity index (χ1) is 32.7. The molecule has 3 aliphatic rings. The zero-order valence-electron chi connectivity index (χ0n) is 41.0. The number of cyclic esters (lactones) is 1. The molecule has 9 rings (SSSR count). The maximum absolute atomic E-state index is 14.1. The highest BCUT2D eigenvalue weighted by atomic mass is 16.6. The lowest BCUT2D eigenvalue weighted by molar-refractivity contribution is -0.166. The van der Waals surface area contributed by atoms with Crippen molar-refractivity contribution in [2.45, 2.75) is 125 Å². The summed E-state index contributed by atoms with van der Waals surface area (Å²) in [4.78, 5) is 50.7. The van der Waals surface area contributed by atoms with Crippen LogP contribution < -0.4 is 0 Å². The summed E-state index contributed by atoms with van der Waals surface area (Å²) in [6, 6.07) is 28.5. The first-order valence-corrected chi connectivity index (χ1v) is 24.8. The number of esters is 3. The molecule has 7 atom stereocenters. The van der Waals surface area contributed by atoms with Crippen molar-refractivity contribution in [3.05, 3.63) is 131 Å². The molecule has 2 aromatic heterocycles. The third-order valence-electron chi connectivity index (χ3n) is 15.0. The fourth-order valence-corrected chi connectivity index (χ4v) is 10.8. The Morgan fingerprint density at radius 3 is 2.41 bits per heavy atom. The average molecular weight is 915 g/mol. The number of carbonyl (C=O) groups is 3. The average Bonchev–Trinajstić information content (AvgIpc) is 3.85. The van der Waals surface area contributed by atoms with Gasteiger partial charge in [-0.15, -0.1) is 0 Å². The lowest BCUT2D eigenvalue weighted by atomic mass is 9.65. The first-order valence-electron chi connectivity index (χ1n) is 24.8. The highest BCUT2D eigenvalue weighted by molar-refractivity contribution is 5.97. The number of benzene rings is 4. The van der Waals surface area contributed by atoms with Gasteiger partial charge in [0.1, 0.15) is 30.0 Å². The maximum Gasteiger partial charge on any atom is 0.339 e. The summed E-state index contributed by atoms with van der Waals surface area (Å²) in [5, 5.41) is 0. The number of rotatable bonds is 14. The number of nitrogens with zero attached hydrogens (tertiary/aromatic N) is 4. The summed E-state index contributed by atoms with van der Waals surface area (Å²) in [5.41, 5.74) is 10.2. The Bertz CT molecular complexity index is 2920. The van der Waals surface area contributed by atoms with E-state index >= 15 is 0 Å². The van der Waals surface area contributed by atoms with Gasteiger partial charge in [-0.2, -0.15) is 0 Å². The zero-order valence-corrected chi connectivity index (χ0v) is 41.0. The zero-order chi connectivity index (χ0) is 47.9. The molecule has 0 unspecified atom stereocenters. The van der Waals surface area contributed by atoms with Crippen molar-refractivity contribution in [3.8, 4) is 22.5 Å². The number of imidazole rings is 2. The fraction of sp³-hybridized carbons (Fsp3) is 0.431. The number of aryl methyl sites for hydroxylation is 3. The van der Waals surface area contributed by atoms with Crippen LogP contribution in [-0.2, 0) is 43.8 Å². The van der Waals surface area contributed by atoms with Crippen LogP contribution in [0.4, 0.5) is 0 Å². The SMILES string of the molecule is CCCc1nc2c(C)cc(-c3nc4ccccc4n3C)cc2n1Cc1ccc(-c2ccccc2C(=O)O[C@H]2CC(=O)O[C@H](CC[C@@H]3[C@@H]4C(=C[C@H](C)C[C@@H]4OC(=O)C(C)(C)CC)C=C[C@@H]3C)C2)cc1. The summed E-state index contributed by atoms with van der Waals surface area (Å²) < 4.78 is 22.9. The van der Waals surface area contributed by atoms with E-state index in [0.717, 1.165) is 87.2 Å². The van der Waals surface area contributed by atoms with Crippen LogP contribution in [0.25, 0.3) is 44.6 Å². The molecule has 0 saturated carbocycles. The monoisotopic (exact) mass is 914 g/mol. The van der Waals surface area contributed by atoms with E-state index in [4.69, 9.17) is 24.2 Å². The Labute approximate surface area is 400 Å². The van der Waals surface area contributed by atoms with Crippen LogP contribution in [0.5, 0.6) is 0 Å². The van der Waals surface area contributed by atoms with Crippen LogP contribution >= 0.6 is 0 Å². The molecule has 0 N–H and O–H groups in total. The van der Waals surface area contributed by atoms with Crippen LogP contribution in [0.2, 0.25) is 0 Å². The van der Waals surface area contributed by atoms with E-state index in [9.17, 15) is 14.4 Å². The van der Waals surface area contributed by atoms with Gasteiger partial charge in [0.2, 0.25) is 0 Å². The molecular weight excluding hydrogens is 849 g/mol. The molecule has 4 aromatic carbocycles. The fourth-order valence-electron chi connectivity index (χ4n) is 10.8. The molecule has 68 heavy (non-hydrogen) atoms. The number of para-hydroxylation sites is 2. The molecule has 10 heteroatoms. The van der Waals surface area contributed by atoms with Crippen molar-refractivity contribution in [1.29, 1.82) is 0 Å². The molecule has 0 spiro atoms. The third kappa shape index (κ3) is 9.43. The van der Waals surface area contributed by atoms with Gasteiger partial charge in [0, 0.05) is 37.9 Å². The van der Waals surface area contributed by atoms with Gasteiger partial charge in [0.15, 0.2) is 0 Å². The van der Waals surface area contributed by atoms with E-state index in [-0.39, 0.29) is 48.3 Å². The highest BCUT2D eigenvalue weighted by Gasteiger charge is 2.43. The van der Waals surface area contributed by atoms with Crippen molar-refractivity contribution < 1.29 is 28.6 Å². The van der Waals surface area contributed by atoms with Gasteiger partial charge in [0.05, 0.1) is 39.5 Å². The van der Waals surface area contributed by atoms with Crippen molar-refractivity contribution in [3.63, 3.8) is 0 Å². The predicted molar refractivity (Wildman–Crippen MR) is 268 cm³/mol. The summed E-state index contributed by atoms with van der Waals surface area (Å²) in [5.74, 6) is 1.84. The minimum Gasteiger partial charge on any atom is -0.462 e. The van der Waals surface area contributed by atoms with Gasteiger partial charge < -0.3 is 23.3 Å². The molecule has 354 valence electrons. The molecule has 0 bridgehead atoms. The van der Waals surface area contributed by atoms with Gasteiger partial charge >= 0.3 is 17.9 Å². The number of ether oxygens (including phenoxy) is 3. The summed E-state index contributed by atoms with van der Waals surface area (Å²) in [7, 11) is 2.07. The Morgan fingerprint density at radius 1 is 0.882 bits per heavy atom. The first kappa shape index (κ1) is 46.8. The van der Waals surface area contributed by atoms with Crippen LogP contribution in [0, 0.1) is 36.0 Å². The summed E-state index contributed by atoms with van der Waals surface area (Å²) in [6.07, 6.45) is 10.8.